The topological polar surface area (TPSA) is 105 Å². The van der Waals surface area contributed by atoms with Crippen LogP contribution in [0.25, 0.3) is 0 Å². The number of rotatable bonds is 16. The Balaban J connectivity index is 1.81. The predicted octanol–water partition coefficient (Wildman–Crippen LogP) is 6.29. The van der Waals surface area contributed by atoms with Crippen molar-refractivity contribution in [3.05, 3.63) is 102 Å². The molecule has 42 heavy (non-hydrogen) atoms. The van der Waals surface area contributed by atoms with Crippen LogP contribution in [0, 0.1) is 5.92 Å². The van der Waals surface area contributed by atoms with Crippen LogP contribution in [0.5, 0.6) is 0 Å². The average molecular weight is 592 g/mol. The number of anilines is 1. The van der Waals surface area contributed by atoms with Gasteiger partial charge in [-0.1, -0.05) is 92.7 Å². The highest BCUT2D eigenvalue weighted by Crippen LogP contribution is 2.32. The first-order chi connectivity index (χ1) is 20.3. The summed E-state index contributed by atoms with van der Waals surface area (Å²) in [6.45, 7) is 4.16. The summed E-state index contributed by atoms with van der Waals surface area (Å²) in [7, 11) is -1.35. The van der Waals surface area contributed by atoms with Crippen molar-refractivity contribution < 1.29 is 23.7 Å². The lowest BCUT2D eigenvalue weighted by molar-refractivity contribution is -0.145. The van der Waals surface area contributed by atoms with Crippen molar-refractivity contribution in [1.29, 1.82) is 0 Å². The van der Waals surface area contributed by atoms with E-state index in [-0.39, 0.29) is 50.0 Å². The lowest BCUT2D eigenvalue weighted by Crippen LogP contribution is -2.60. The van der Waals surface area contributed by atoms with E-state index in [1.54, 1.807) is 12.1 Å². The SMILES string of the molecule is CC(C)C[C@@](CCNC(=O)OCc1ccccc1)(C(=O)Nc1ccccc1)N(C[PH2]=O)C(=O)CCCc1ccccc1. The Morgan fingerprint density at radius 1 is 0.881 bits per heavy atom. The van der Waals surface area contributed by atoms with E-state index in [9.17, 15) is 18.9 Å². The maximum absolute atomic E-state index is 14.1. The van der Waals surface area contributed by atoms with Crippen LogP contribution in [0.1, 0.15) is 50.7 Å². The number of benzene rings is 3. The first kappa shape index (κ1) is 32.6. The number of aryl methyl sites for hydroxylation is 1. The number of nitrogens with zero attached hydrogens (tertiary/aromatic N) is 1. The van der Waals surface area contributed by atoms with E-state index in [1.807, 2.05) is 92.7 Å². The second-order valence-electron chi connectivity index (χ2n) is 10.7. The summed E-state index contributed by atoms with van der Waals surface area (Å²) in [5.41, 5.74) is 1.24. The molecular weight excluding hydrogens is 549 g/mol. The Morgan fingerprint density at radius 2 is 1.48 bits per heavy atom. The molecule has 0 radical (unpaired) electrons. The van der Waals surface area contributed by atoms with Crippen LogP contribution in [-0.4, -0.2) is 41.2 Å². The lowest BCUT2D eigenvalue weighted by Gasteiger charge is -2.43. The van der Waals surface area contributed by atoms with Crippen LogP contribution in [-0.2, 0) is 31.9 Å². The van der Waals surface area contributed by atoms with Gasteiger partial charge in [0.25, 0.3) is 0 Å². The van der Waals surface area contributed by atoms with Gasteiger partial charge in [0.05, 0.1) is 14.7 Å². The fraction of sp³-hybridized carbons (Fsp3) is 0.364. The fourth-order valence-electron chi connectivity index (χ4n) is 5.08. The van der Waals surface area contributed by atoms with Crippen molar-refractivity contribution in [1.82, 2.24) is 10.2 Å². The molecule has 2 atom stereocenters. The van der Waals surface area contributed by atoms with Crippen LogP contribution >= 0.6 is 8.46 Å². The van der Waals surface area contributed by atoms with E-state index in [1.165, 1.54) is 4.90 Å². The first-order valence-electron chi connectivity index (χ1n) is 14.4. The fourth-order valence-corrected chi connectivity index (χ4v) is 5.78. The zero-order valence-electron chi connectivity index (χ0n) is 24.5. The van der Waals surface area contributed by atoms with Crippen molar-refractivity contribution >= 4 is 32.1 Å². The van der Waals surface area contributed by atoms with Gasteiger partial charge in [0.15, 0.2) is 0 Å². The quantitative estimate of drug-likeness (QED) is 0.191. The third-order valence-electron chi connectivity index (χ3n) is 6.99. The number of hydrogen-bond donors (Lipinski definition) is 2. The normalized spacial score (nSPS) is 12.5. The van der Waals surface area contributed by atoms with E-state index in [0.29, 0.717) is 24.9 Å². The molecule has 0 aliphatic rings. The van der Waals surface area contributed by atoms with Gasteiger partial charge in [-0.25, -0.2) is 4.79 Å². The standard InChI is InChI=1S/C33H42N3O5P/c1-26(2)23-33(31(38)35-29-18-10-5-11-19-29,21-22-34-32(39)41-24-28-15-8-4-9-16-28)36(25-42-40)30(37)20-12-17-27-13-6-3-7-14-27/h3-11,13-16,18-19,26H,12,17,20-25,42H2,1-2H3,(H,34,39)(H,35,38)/t33-/m0/s1. The zero-order valence-corrected chi connectivity index (χ0v) is 25.6. The molecule has 3 aromatic rings. The summed E-state index contributed by atoms with van der Waals surface area (Å²) >= 11 is 0. The van der Waals surface area contributed by atoms with Crippen LogP contribution in [0.3, 0.4) is 0 Å². The molecule has 0 bridgehead atoms. The Hall–Kier alpha value is -3.90. The highest BCUT2D eigenvalue weighted by molar-refractivity contribution is 7.23. The molecule has 0 spiro atoms. The smallest absolute Gasteiger partial charge is 0.407 e. The monoisotopic (exact) mass is 591 g/mol. The van der Waals surface area contributed by atoms with Crippen molar-refractivity contribution in [2.75, 3.05) is 18.1 Å². The molecule has 3 rings (SSSR count). The highest BCUT2D eigenvalue weighted by Gasteiger charge is 2.46. The molecule has 3 aromatic carbocycles. The van der Waals surface area contributed by atoms with E-state index < -0.39 is 20.1 Å². The third kappa shape index (κ3) is 10.2. The summed E-state index contributed by atoms with van der Waals surface area (Å²) in [5.74, 6) is -0.575. The van der Waals surface area contributed by atoms with Crippen molar-refractivity contribution in [3.8, 4) is 0 Å². The molecule has 224 valence electrons. The van der Waals surface area contributed by atoms with Gasteiger partial charge in [0.2, 0.25) is 11.8 Å². The minimum absolute atomic E-state index is 0.0258. The minimum atomic E-state index is -1.35. The van der Waals surface area contributed by atoms with Gasteiger partial charge in [-0.2, -0.15) is 0 Å². The highest BCUT2D eigenvalue weighted by atomic mass is 31.1. The van der Waals surface area contributed by atoms with Crippen LogP contribution in [0.4, 0.5) is 10.5 Å². The number of nitrogens with one attached hydrogen (secondary N) is 2. The molecule has 8 nitrogen and oxygen atoms in total. The van der Waals surface area contributed by atoms with Gasteiger partial charge in [0, 0.05) is 18.7 Å². The maximum atomic E-state index is 14.1. The largest absolute Gasteiger partial charge is 0.445 e. The summed E-state index contributed by atoms with van der Waals surface area (Å²) in [5, 5.41) is 5.73. The van der Waals surface area contributed by atoms with E-state index in [4.69, 9.17) is 4.74 Å². The molecule has 0 saturated heterocycles. The van der Waals surface area contributed by atoms with Gasteiger partial charge in [0.1, 0.15) is 12.1 Å². The Bertz CT molecular complexity index is 1270. The molecule has 9 heteroatoms. The average Bonchev–Trinajstić information content (AvgIpc) is 2.99. The molecular formula is C33H42N3O5P. The summed E-state index contributed by atoms with van der Waals surface area (Å²) in [6, 6.07) is 28.3. The van der Waals surface area contributed by atoms with E-state index >= 15 is 0 Å². The van der Waals surface area contributed by atoms with Crippen LogP contribution < -0.4 is 10.6 Å². The summed E-state index contributed by atoms with van der Waals surface area (Å²) in [4.78, 5) is 41.9. The molecule has 0 aliphatic carbocycles. The third-order valence-corrected chi connectivity index (χ3v) is 7.51. The lowest BCUT2D eigenvalue weighted by atomic mass is 9.82. The molecule has 0 heterocycles. The number of para-hydroxylation sites is 1. The Kier molecular flexibility index (Phi) is 13.3. The Labute approximate surface area is 250 Å². The molecule has 0 fully saturated rings. The molecule has 2 N–H and O–H groups in total. The molecule has 0 saturated carbocycles. The molecule has 1 unspecified atom stereocenters. The second-order valence-corrected chi connectivity index (χ2v) is 11.4. The van der Waals surface area contributed by atoms with Crippen molar-refractivity contribution in [2.45, 2.75) is 58.1 Å². The number of carbonyl (C=O) groups excluding carboxylic acids is 3. The number of ether oxygens (including phenoxy) is 1. The Morgan fingerprint density at radius 3 is 2.07 bits per heavy atom. The molecule has 0 aromatic heterocycles. The maximum Gasteiger partial charge on any atom is 0.407 e. The predicted molar refractivity (Wildman–Crippen MR) is 168 cm³/mol. The van der Waals surface area contributed by atoms with Crippen molar-refractivity contribution in [3.63, 3.8) is 0 Å². The first-order valence-corrected chi connectivity index (χ1v) is 15.7. The van der Waals surface area contributed by atoms with Crippen LogP contribution in [0.15, 0.2) is 91.0 Å². The van der Waals surface area contributed by atoms with Gasteiger partial charge in [-0.3, -0.25) is 9.59 Å². The summed E-state index contributed by atoms with van der Waals surface area (Å²) < 4.78 is 17.5. The van der Waals surface area contributed by atoms with Crippen LogP contribution in [0.2, 0.25) is 0 Å². The summed E-state index contributed by atoms with van der Waals surface area (Å²) in [6.07, 6.45) is 1.33. The van der Waals surface area contributed by atoms with Crippen molar-refractivity contribution in [2.24, 2.45) is 5.92 Å². The van der Waals surface area contributed by atoms with E-state index in [2.05, 4.69) is 10.6 Å². The molecule has 3 amide bonds. The van der Waals surface area contributed by atoms with Gasteiger partial charge < -0.3 is 24.8 Å². The second kappa shape index (κ2) is 17.1. The van der Waals surface area contributed by atoms with Gasteiger partial charge >= 0.3 is 6.09 Å². The number of alkyl carbamates (subject to hydrolysis) is 1. The zero-order chi connectivity index (χ0) is 30.2. The van der Waals surface area contributed by atoms with Gasteiger partial charge in [-0.15, -0.1) is 0 Å². The number of hydrogen-bond acceptors (Lipinski definition) is 5. The number of carbonyl (C=O) groups is 3. The number of amides is 3. The van der Waals surface area contributed by atoms with Gasteiger partial charge in [-0.05, 0) is 54.9 Å². The minimum Gasteiger partial charge on any atom is -0.445 e. The molecule has 0 aliphatic heterocycles. The van der Waals surface area contributed by atoms with E-state index in [0.717, 1.165) is 11.1 Å².